The number of aryl methyl sites for hydroxylation is 2. The Morgan fingerprint density at radius 2 is 1.92 bits per heavy atom. The molecule has 1 unspecified atom stereocenters. The van der Waals surface area contributed by atoms with E-state index in [9.17, 15) is 4.79 Å². The molecule has 1 atom stereocenters. The van der Waals surface area contributed by atoms with Crippen molar-refractivity contribution in [3.8, 4) is 11.3 Å². The van der Waals surface area contributed by atoms with Crippen LogP contribution in [0.1, 0.15) is 41.5 Å². The molecule has 3 heterocycles. The van der Waals surface area contributed by atoms with E-state index in [2.05, 4.69) is 76.6 Å². The highest BCUT2D eigenvalue weighted by Gasteiger charge is 2.30. The second-order valence-corrected chi connectivity index (χ2v) is 10.7. The standard InChI is InChI=1S/C28H34N4O3S/c1-31-14-11-23(12-15-31)35-26-24-5-3-2-4-21(24)10-16-32-18-25(30-27(26)32)22-8-6-20(7-9-22)19-36-17-13-29-28(33)34/h2-9,18,23,26,29H,10-17,19H2,1H3,(H,33,34). The molecule has 2 aromatic carbocycles. The number of hydrogen-bond acceptors (Lipinski definition) is 5. The summed E-state index contributed by atoms with van der Waals surface area (Å²) in [6.45, 7) is 3.49. The molecular formula is C28H34N4O3S. The lowest BCUT2D eigenvalue weighted by Gasteiger charge is -2.32. The minimum Gasteiger partial charge on any atom is -0.465 e. The third kappa shape index (κ3) is 5.94. The molecule has 1 fully saturated rings. The summed E-state index contributed by atoms with van der Waals surface area (Å²) in [4.78, 5) is 18.1. The van der Waals surface area contributed by atoms with Gasteiger partial charge < -0.3 is 24.6 Å². The van der Waals surface area contributed by atoms with E-state index in [1.54, 1.807) is 11.8 Å². The van der Waals surface area contributed by atoms with Crippen LogP contribution in [0.15, 0.2) is 54.7 Å². The van der Waals surface area contributed by atoms with Crippen molar-refractivity contribution in [1.29, 1.82) is 0 Å². The van der Waals surface area contributed by atoms with Gasteiger partial charge in [0.15, 0.2) is 0 Å². The fourth-order valence-corrected chi connectivity index (χ4v) is 5.81. The van der Waals surface area contributed by atoms with Crippen molar-refractivity contribution in [2.75, 3.05) is 32.4 Å². The Labute approximate surface area is 216 Å². The molecule has 0 radical (unpaired) electrons. The predicted octanol–water partition coefficient (Wildman–Crippen LogP) is 4.81. The topological polar surface area (TPSA) is 79.6 Å². The van der Waals surface area contributed by atoms with Crippen LogP contribution >= 0.6 is 11.8 Å². The van der Waals surface area contributed by atoms with Crippen LogP contribution in [0, 0.1) is 0 Å². The smallest absolute Gasteiger partial charge is 0.404 e. The number of ether oxygens (including phenoxy) is 1. The second kappa shape index (κ2) is 11.5. The van der Waals surface area contributed by atoms with Gasteiger partial charge in [-0.25, -0.2) is 9.78 Å². The molecule has 3 aromatic rings. The fourth-order valence-electron chi connectivity index (χ4n) is 4.99. The Balaban J connectivity index is 1.33. The molecule has 7 nitrogen and oxygen atoms in total. The third-order valence-corrected chi connectivity index (χ3v) is 8.07. The summed E-state index contributed by atoms with van der Waals surface area (Å²) < 4.78 is 9.09. The van der Waals surface area contributed by atoms with E-state index in [4.69, 9.17) is 14.8 Å². The largest absolute Gasteiger partial charge is 0.465 e. The van der Waals surface area contributed by atoms with Gasteiger partial charge in [-0.3, -0.25) is 0 Å². The first kappa shape index (κ1) is 24.9. The SMILES string of the molecule is CN1CCC(OC2c3ccccc3CCn3cc(-c4ccc(CSCCNC(=O)O)cc4)nc32)CC1. The summed E-state index contributed by atoms with van der Waals surface area (Å²) in [6.07, 6.45) is 4.37. The maximum Gasteiger partial charge on any atom is 0.404 e. The van der Waals surface area contributed by atoms with E-state index >= 15 is 0 Å². The van der Waals surface area contributed by atoms with Gasteiger partial charge in [0.25, 0.3) is 0 Å². The minimum absolute atomic E-state index is 0.152. The van der Waals surface area contributed by atoms with Crippen molar-refractivity contribution in [3.63, 3.8) is 0 Å². The molecular weight excluding hydrogens is 472 g/mol. The zero-order chi connectivity index (χ0) is 24.9. The number of nitrogens with zero attached hydrogens (tertiary/aromatic N) is 3. The minimum atomic E-state index is -0.971. The molecule has 0 spiro atoms. The number of carbonyl (C=O) groups is 1. The number of carboxylic acid groups (broad SMARTS) is 1. The van der Waals surface area contributed by atoms with Crippen molar-refractivity contribution in [2.24, 2.45) is 0 Å². The van der Waals surface area contributed by atoms with Crippen molar-refractivity contribution in [3.05, 3.63) is 77.2 Å². The maximum absolute atomic E-state index is 10.6. The average molecular weight is 507 g/mol. The number of nitrogens with one attached hydrogen (secondary N) is 1. The predicted molar refractivity (Wildman–Crippen MR) is 143 cm³/mol. The molecule has 1 saturated heterocycles. The number of amides is 1. The molecule has 8 heteroatoms. The van der Waals surface area contributed by atoms with Crippen molar-refractivity contribution in [1.82, 2.24) is 19.8 Å². The number of likely N-dealkylation sites (tertiary alicyclic amines) is 1. The van der Waals surface area contributed by atoms with Crippen LogP contribution in [-0.2, 0) is 23.5 Å². The average Bonchev–Trinajstić information content (AvgIpc) is 3.25. The first-order chi connectivity index (χ1) is 17.6. The zero-order valence-electron chi connectivity index (χ0n) is 20.7. The first-order valence-corrected chi connectivity index (χ1v) is 13.8. The van der Waals surface area contributed by atoms with Gasteiger partial charge >= 0.3 is 6.09 Å². The Bertz CT molecular complexity index is 1170. The summed E-state index contributed by atoms with van der Waals surface area (Å²) in [5.74, 6) is 2.60. The lowest BCUT2D eigenvalue weighted by molar-refractivity contribution is -0.0275. The highest BCUT2D eigenvalue weighted by molar-refractivity contribution is 7.98. The van der Waals surface area contributed by atoms with E-state index in [0.717, 1.165) is 67.5 Å². The van der Waals surface area contributed by atoms with Crippen molar-refractivity contribution in [2.45, 2.75) is 43.8 Å². The number of imidazole rings is 1. The molecule has 190 valence electrons. The van der Waals surface area contributed by atoms with Gasteiger partial charge in [-0.05, 0) is 43.0 Å². The highest BCUT2D eigenvalue weighted by Crippen LogP contribution is 2.36. The molecule has 0 aliphatic carbocycles. The van der Waals surface area contributed by atoms with Crippen LogP contribution in [-0.4, -0.2) is 64.2 Å². The van der Waals surface area contributed by atoms with Crippen LogP contribution in [0.2, 0.25) is 0 Å². The van der Waals surface area contributed by atoms with E-state index in [1.807, 2.05) is 0 Å². The second-order valence-electron chi connectivity index (χ2n) is 9.63. The Morgan fingerprint density at radius 1 is 1.14 bits per heavy atom. The van der Waals surface area contributed by atoms with Crippen LogP contribution in [0.25, 0.3) is 11.3 Å². The Kier molecular flexibility index (Phi) is 7.94. The van der Waals surface area contributed by atoms with Gasteiger partial charge in [-0.15, -0.1) is 0 Å². The zero-order valence-corrected chi connectivity index (χ0v) is 21.5. The number of piperidine rings is 1. The van der Waals surface area contributed by atoms with Crippen LogP contribution < -0.4 is 5.32 Å². The maximum atomic E-state index is 10.6. The first-order valence-electron chi connectivity index (χ1n) is 12.7. The van der Waals surface area contributed by atoms with Gasteiger partial charge in [-0.1, -0.05) is 48.5 Å². The Morgan fingerprint density at radius 3 is 2.69 bits per heavy atom. The monoisotopic (exact) mass is 506 g/mol. The third-order valence-electron chi connectivity index (χ3n) is 7.04. The molecule has 0 bridgehead atoms. The lowest BCUT2D eigenvalue weighted by Crippen LogP contribution is -2.35. The molecule has 0 saturated carbocycles. The summed E-state index contributed by atoms with van der Waals surface area (Å²) >= 11 is 1.72. The highest BCUT2D eigenvalue weighted by atomic mass is 32.2. The van der Waals surface area contributed by atoms with Gasteiger partial charge in [0, 0.05) is 49.4 Å². The molecule has 2 aliphatic heterocycles. The van der Waals surface area contributed by atoms with Gasteiger partial charge in [0.1, 0.15) is 11.9 Å². The molecule has 1 aromatic heterocycles. The number of thioether (sulfide) groups is 1. The van der Waals surface area contributed by atoms with Crippen molar-refractivity contribution < 1.29 is 14.6 Å². The summed E-state index contributed by atoms with van der Waals surface area (Å²) in [5.41, 5.74) is 5.90. The number of aromatic nitrogens is 2. The number of fused-ring (bicyclic) bond motifs is 2. The lowest BCUT2D eigenvalue weighted by atomic mass is 10.00. The molecule has 2 N–H and O–H groups in total. The summed E-state index contributed by atoms with van der Waals surface area (Å²) in [7, 11) is 2.18. The number of benzene rings is 2. The number of hydrogen-bond donors (Lipinski definition) is 2. The van der Waals surface area contributed by atoms with Crippen LogP contribution in [0.4, 0.5) is 4.79 Å². The summed E-state index contributed by atoms with van der Waals surface area (Å²) in [5, 5.41) is 11.1. The van der Waals surface area contributed by atoms with E-state index in [-0.39, 0.29) is 12.2 Å². The van der Waals surface area contributed by atoms with Crippen LogP contribution in [0.3, 0.4) is 0 Å². The van der Waals surface area contributed by atoms with E-state index in [1.165, 1.54) is 16.7 Å². The molecule has 1 amide bonds. The molecule has 36 heavy (non-hydrogen) atoms. The van der Waals surface area contributed by atoms with Crippen molar-refractivity contribution >= 4 is 17.9 Å². The molecule has 5 rings (SSSR count). The quantitative estimate of drug-likeness (QED) is 0.427. The van der Waals surface area contributed by atoms with Gasteiger partial charge in [0.05, 0.1) is 11.8 Å². The Hall–Kier alpha value is -2.81. The summed E-state index contributed by atoms with van der Waals surface area (Å²) in [6, 6.07) is 17.2. The van der Waals surface area contributed by atoms with Gasteiger partial charge in [0.2, 0.25) is 0 Å². The number of rotatable bonds is 8. The molecule has 2 aliphatic rings. The van der Waals surface area contributed by atoms with Crippen LogP contribution in [0.5, 0.6) is 0 Å². The van der Waals surface area contributed by atoms with E-state index in [0.29, 0.717) is 6.54 Å². The fraction of sp³-hybridized carbons (Fsp3) is 0.429. The normalized spacial score (nSPS) is 18.3. The van der Waals surface area contributed by atoms with Gasteiger partial charge in [-0.2, -0.15) is 11.8 Å². The van der Waals surface area contributed by atoms with E-state index < -0.39 is 6.09 Å².